The van der Waals surface area contributed by atoms with E-state index < -0.39 is 0 Å². The number of nitrogens with zero attached hydrogens (tertiary/aromatic N) is 1. The number of ether oxygens (including phenoxy) is 1. The van der Waals surface area contributed by atoms with Crippen LogP contribution in [0.2, 0.25) is 0 Å². The number of imidazole rings is 1. The molecule has 0 fully saturated rings. The van der Waals surface area contributed by atoms with Crippen molar-refractivity contribution in [3.8, 4) is 5.75 Å². The van der Waals surface area contributed by atoms with E-state index in [1.807, 2.05) is 56.4 Å². The maximum atomic E-state index is 12.3. The van der Waals surface area contributed by atoms with Gasteiger partial charge in [-0.05, 0) is 48.5 Å². The van der Waals surface area contributed by atoms with Gasteiger partial charge < -0.3 is 10.1 Å². The van der Waals surface area contributed by atoms with Crippen LogP contribution in [0.15, 0.2) is 47.6 Å². The fraction of sp³-hybridized carbons (Fsp3) is 0.222. The first kappa shape index (κ1) is 16.4. The van der Waals surface area contributed by atoms with Gasteiger partial charge in [-0.3, -0.25) is 4.79 Å². The minimum atomic E-state index is -0.0671. The van der Waals surface area contributed by atoms with Crippen molar-refractivity contribution >= 4 is 34.4 Å². The van der Waals surface area contributed by atoms with Crippen LogP contribution in [-0.4, -0.2) is 23.8 Å². The molecule has 0 aliphatic carbocycles. The van der Waals surface area contributed by atoms with E-state index in [4.69, 9.17) is 4.74 Å². The summed E-state index contributed by atoms with van der Waals surface area (Å²) >= 11 is 1.47. The van der Waals surface area contributed by atoms with Crippen LogP contribution >= 0.6 is 11.8 Å². The Hall–Kier alpha value is -2.47. The van der Waals surface area contributed by atoms with Crippen molar-refractivity contribution in [3.05, 3.63) is 48.0 Å². The highest BCUT2D eigenvalue weighted by atomic mass is 32.2. The van der Waals surface area contributed by atoms with Gasteiger partial charge in [0.05, 0.1) is 25.6 Å². The van der Waals surface area contributed by atoms with Gasteiger partial charge in [-0.25, -0.2) is 9.55 Å². The number of aromatic amines is 1. The second-order valence-corrected chi connectivity index (χ2v) is 6.51. The predicted octanol–water partition coefficient (Wildman–Crippen LogP) is 3.04. The Kier molecular flexibility index (Phi) is 4.76. The van der Waals surface area contributed by atoms with E-state index in [0.717, 1.165) is 21.8 Å². The average molecular weight is 342 g/mol. The third-order valence-electron chi connectivity index (χ3n) is 3.78. The van der Waals surface area contributed by atoms with E-state index in [-0.39, 0.29) is 5.91 Å². The molecule has 0 bridgehead atoms. The number of hydrogen-bond donors (Lipinski definition) is 2. The zero-order chi connectivity index (χ0) is 17.1. The first-order valence-electron chi connectivity index (χ1n) is 7.62. The molecule has 0 aliphatic heterocycles. The zero-order valence-corrected chi connectivity index (χ0v) is 14.7. The van der Waals surface area contributed by atoms with Crippen LogP contribution in [0, 0.1) is 6.92 Å². The van der Waals surface area contributed by atoms with E-state index in [1.54, 1.807) is 7.11 Å². The van der Waals surface area contributed by atoms with Gasteiger partial charge in [0.25, 0.3) is 0 Å². The normalized spacial score (nSPS) is 10.8. The van der Waals surface area contributed by atoms with Crippen molar-refractivity contribution in [1.29, 1.82) is 0 Å². The molecule has 3 rings (SSSR count). The molecule has 1 heterocycles. The number of H-pyrrole nitrogens is 1. The summed E-state index contributed by atoms with van der Waals surface area (Å²) in [6.45, 7) is 1.98. The second-order valence-electron chi connectivity index (χ2n) is 5.55. The molecule has 0 spiro atoms. The van der Waals surface area contributed by atoms with Crippen LogP contribution in [0.3, 0.4) is 0 Å². The molecule has 124 valence electrons. The van der Waals surface area contributed by atoms with Crippen LogP contribution in [0.25, 0.3) is 11.0 Å². The lowest BCUT2D eigenvalue weighted by Gasteiger charge is -2.10. The molecular weight excluding hydrogens is 322 g/mol. The van der Waals surface area contributed by atoms with E-state index in [1.165, 1.54) is 11.8 Å². The highest BCUT2D eigenvalue weighted by molar-refractivity contribution is 7.99. The molecule has 6 heteroatoms. The summed E-state index contributed by atoms with van der Waals surface area (Å²) in [5, 5.41) is 3.86. The summed E-state index contributed by atoms with van der Waals surface area (Å²) in [6, 6.07) is 13.8. The number of carbonyl (C=O) groups excluding carboxylic acids is 1. The van der Waals surface area contributed by atoms with Gasteiger partial charge in [0, 0.05) is 0 Å². The topological polar surface area (TPSA) is 58.0 Å². The molecule has 0 atom stereocenters. The summed E-state index contributed by atoms with van der Waals surface area (Å²) in [4.78, 5) is 15.6. The molecule has 2 N–H and O–H groups in total. The number of fused-ring (bicyclic) bond motifs is 1. The van der Waals surface area contributed by atoms with Gasteiger partial charge >= 0.3 is 5.16 Å². The number of nitrogens with one attached hydrogen (secondary N) is 2. The molecule has 0 radical (unpaired) electrons. The van der Waals surface area contributed by atoms with E-state index in [2.05, 4.69) is 14.9 Å². The van der Waals surface area contributed by atoms with Gasteiger partial charge in [0.1, 0.15) is 5.75 Å². The Morgan fingerprint density at radius 2 is 2.08 bits per heavy atom. The lowest BCUT2D eigenvalue weighted by atomic mass is 10.2. The largest absolute Gasteiger partial charge is 0.495 e. The van der Waals surface area contributed by atoms with Crippen LogP contribution in [0.5, 0.6) is 5.75 Å². The number of thioether (sulfide) groups is 1. The number of aryl methyl sites for hydroxylation is 2. The minimum absolute atomic E-state index is 0.0671. The average Bonchev–Trinajstić information content (AvgIpc) is 2.90. The summed E-state index contributed by atoms with van der Waals surface area (Å²) in [5.41, 5.74) is 3.94. The predicted molar refractivity (Wildman–Crippen MR) is 96.6 cm³/mol. The van der Waals surface area contributed by atoms with Crippen LogP contribution in [-0.2, 0) is 11.8 Å². The third-order valence-corrected chi connectivity index (χ3v) is 4.84. The molecule has 0 saturated carbocycles. The first-order valence-corrected chi connectivity index (χ1v) is 8.61. The third kappa shape index (κ3) is 3.38. The van der Waals surface area contributed by atoms with Gasteiger partial charge in [-0.15, -0.1) is 0 Å². The Morgan fingerprint density at radius 3 is 2.83 bits per heavy atom. The molecule has 3 aromatic rings. The minimum Gasteiger partial charge on any atom is -0.495 e. The Labute approximate surface area is 145 Å². The van der Waals surface area contributed by atoms with Crippen molar-refractivity contribution in [2.45, 2.75) is 12.1 Å². The number of aromatic nitrogens is 2. The van der Waals surface area contributed by atoms with Crippen LogP contribution in [0.4, 0.5) is 5.69 Å². The monoisotopic (exact) mass is 342 g/mol. The lowest BCUT2D eigenvalue weighted by Crippen LogP contribution is -2.29. The quantitative estimate of drug-likeness (QED) is 0.553. The zero-order valence-electron chi connectivity index (χ0n) is 13.9. The molecule has 5 nitrogen and oxygen atoms in total. The summed E-state index contributed by atoms with van der Waals surface area (Å²) in [7, 11) is 3.59. The molecule has 1 aromatic heterocycles. The number of amides is 1. The summed E-state index contributed by atoms with van der Waals surface area (Å²) in [6.07, 6.45) is 0. The van der Waals surface area contributed by atoms with Crippen molar-refractivity contribution in [3.63, 3.8) is 0 Å². The number of anilines is 1. The fourth-order valence-electron chi connectivity index (χ4n) is 2.55. The van der Waals surface area contributed by atoms with E-state index in [9.17, 15) is 4.79 Å². The van der Waals surface area contributed by atoms with Crippen molar-refractivity contribution in [1.82, 2.24) is 4.98 Å². The van der Waals surface area contributed by atoms with E-state index in [0.29, 0.717) is 17.2 Å². The van der Waals surface area contributed by atoms with Gasteiger partial charge in [-0.1, -0.05) is 18.2 Å². The molecule has 2 aromatic carbocycles. The Balaban J connectivity index is 1.69. The molecule has 0 aliphatic rings. The molecule has 0 saturated heterocycles. The molecule has 0 unspecified atom stereocenters. The smallest absolute Gasteiger partial charge is 0.317 e. The van der Waals surface area contributed by atoms with Crippen molar-refractivity contribution in [2.75, 3.05) is 18.2 Å². The van der Waals surface area contributed by atoms with Crippen LogP contribution in [0.1, 0.15) is 5.56 Å². The number of rotatable bonds is 5. The number of para-hydroxylation sites is 2. The SMILES string of the molecule is COc1ccc(C)cc1NC(=O)CSc1[nH]c2ccccc2[n+]1C. The summed E-state index contributed by atoms with van der Waals surface area (Å²) < 4.78 is 7.35. The van der Waals surface area contributed by atoms with Gasteiger partial charge in [0.2, 0.25) is 5.91 Å². The number of methoxy groups -OCH3 is 1. The van der Waals surface area contributed by atoms with Gasteiger partial charge in [0.15, 0.2) is 11.0 Å². The lowest BCUT2D eigenvalue weighted by molar-refractivity contribution is -0.683. The molecule has 24 heavy (non-hydrogen) atoms. The van der Waals surface area contributed by atoms with Crippen molar-refractivity contribution in [2.24, 2.45) is 7.05 Å². The fourth-order valence-corrected chi connectivity index (χ4v) is 3.37. The van der Waals surface area contributed by atoms with Gasteiger partial charge in [-0.2, -0.15) is 0 Å². The Morgan fingerprint density at radius 1 is 1.29 bits per heavy atom. The molecule has 1 amide bonds. The number of carbonyl (C=O) groups is 1. The number of benzene rings is 2. The summed E-state index contributed by atoms with van der Waals surface area (Å²) in [5.74, 6) is 0.912. The maximum Gasteiger partial charge on any atom is 0.317 e. The molecular formula is C18H20N3O2S+. The first-order chi connectivity index (χ1) is 11.6. The van der Waals surface area contributed by atoms with Crippen molar-refractivity contribution < 1.29 is 14.1 Å². The highest BCUT2D eigenvalue weighted by Crippen LogP contribution is 2.25. The highest BCUT2D eigenvalue weighted by Gasteiger charge is 2.17. The van der Waals surface area contributed by atoms with Crippen LogP contribution < -0.4 is 14.6 Å². The standard InChI is InChI=1S/C18H19N3O2S/c1-12-8-9-16(23-3)14(10-12)19-17(22)11-24-18-20-13-6-4-5-7-15(13)21(18)2/h4-10H,11H2,1-3H3,(H,19,22)/p+1. The second kappa shape index (κ2) is 6.97. The number of hydrogen-bond acceptors (Lipinski definition) is 3. The van der Waals surface area contributed by atoms with E-state index >= 15 is 0 Å². The maximum absolute atomic E-state index is 12.3. The Bertz CT molecular complexity index is 889.